The number of alkyl halides is 1. The van der Waals surface area contributed by atoms with Gasteiger partial charge in [0.1, 0.15) is 0 Å². The van der Waals surface area contributed by atoms with Crippen molar-refractivity contribution in [1.82, 2.24) is 0 Å². The van der Waals surface area contributed by atoms with Crippen molar-refractivity contribution in [3.63, 3.8) is 0 Å². The van der Waals surface area contributed by atoms with E-state index < -0.39 is 0 Å². The van der Waals surface area contributed by atoms with Crippen molar-refractivity contribution in [2.45, 2.75) is 78.1 Å². The molecule has 1 aromatic rings. The Hall–Kier alpha value is -0.300. The maximum Gasteiger partial charge on any atom is 0.00313 e. The van der Waals surface area contributed by atoms with E-state index in [1.54, 1.807) is 5.56 Å². The van der Waals surface area contributed by atoms with E-state index in [0.717, 1.165) is 17.2 Å². The zero-order chi connectivity index (χ0) is 15.5. The van der Waals surface area contributed by atoms with E-state index in [9.17, 15) is 0 Å². The van der Waals surface area contributed by atoms with Crippen LogP contribution in [0.15, 0.2) is 24.3 Å². The molecule has 1 heteroatoms. The molecular weight excluding hydrogens is 320 g/mol. The second-order valence-electron chi connectivity index (χ2n) is 6.72. The average molecular weight is 353 g/mol. The summed E-state index contributed by atoms with van der Waals surface area (Å²) in [6.07, 6.45) is 10.6. The SMILES string of the molecule is CCCC(CCCCCCBr)c1ccc(CC(C)C)cc1. The third-order valence-electron chi connectivity index (χ3n) is 4.17. The van der Waals surface area contributed by atoms with E-state index in [1.807, 2.05) is 0 Å². The van der Waals surface area contributed by atoms with Crippen LogP contribution in [0.3, 0.4) is 0 Å². The molecule has 0 radical (unpaired) electrons. The standard InChI is InChI=1S/C20H33Br/c1-4-9-19(10-7-5-6-8-15-21)20-13-11-18(12-14-20)16-17(2)3/h11-14,17,19H,4-10,15-16H2,1-3H3. The van der Waals surface area contributed by atoms with Crippen molar-refractivity contribution in [3.8, 4) is 0 Å². The van der Waals surface area contributed by atoms with Gasteiger partial charge in [0.2, 0.25) is 0 Å². The molecule has 0 saturated carbocycles. The van der Waals surface area contributed by atoms with E-state index >= 15 is 0 Å². The molecular formula is C20H33Br. The van der Waals surface area contributed by atoms with E-state index in [-0.39, 0.29) is 0 Å². The highest BCUT2D eigenvalue weighted by Gasteiger charge is 2.10. The van der Waals surface area contributed by atoms with Gasteiger partial charge < -0.3 is 0 Å². The molecule has 0 bridgehead atoms. The lowest BCUT2D eigenvalue weighted by atomic mass is 9.88. The minimum Gasteiger partial charge on any atom is -0.0928 e. The lowest BCUT2D eigenvalue weighted by Crippen LogP contribution is -2.00. The van der Waals surface area contributed by atoms with Gasteiger partial charge >= 0.3 is 0 Å². The van der Waals surface area contributed by atoms with Gasteiger partial charge in [-0.3, -0.25) is 0 Å². The summed E-state index contributed by atoms with van der Waals surface area (Å²) in [7, 11) is 0. The Bertz CT molecular complexity index is 353. The summed E-state index contributed by atoms with van der Waals surface area (Å²) in [5.41, 5.74) is 3.05. The Morgan fingerprint density at radius 3 is 2.14 bits per heavy atom. The van der Waals surface area contributed by atoms with Gasteiger partial charge in [-0.25, -0.2) is 0 Å². The molecule has 0 aliphatic heterocycles. The zero-order valence-electron chi connectivity index (χ0n) is 14.2. The van der Waals surface area contributed by atoms with E-state index in [1.165, 1.54) is 56.9 Å². The van der Waals surface area contributed by atoms with Gasteiger partial charge in [0.05, 0.1) is 0 Å². The third kappa shape index (κ3) is 8.04. The molecule has 0 nitrogen and oxygen atoms in total. The van der Waals surface area contributed by atoms with Gasteiger partial charge in [0.15, 0.2) is 0 Å². The summed E-state index contributed by atoms with van der Waals surface area (Å²) in [4.78, 5) is 0. The van der Waals surface area contributed by atoms with E-state index in [2.05, 4.69) is 61.0 Å². The van der Waals surface area contributed by atoms with Crippen LogP contribution in [0.1, 0.15) is 82.8 Å². The summed E-state index contributed by atoms with van der Waals surface area (Å²) in [6.45, 7) is 6.90. The molecule has 0 fully saturated rings. The number of hydrogen-bond donors (Lipinski definition) is 0. The highest BCUT2D eigenvalue weighted by molar-refractivity contribution is 9.09. The van der Waals surface area contributed by atoms with Crippen LogP contribution in [0.25, 0.3) is 0 Å². The molecule has 21 heavy (non-hydrogen) atoms. The fourth-order valence-electron chi connectivity index (χ4n) is 3.06. The van der Waals surface area contributed by atoms with Crippen molar-refractivity contribution in [2.24, 2.45) is 5.92 Å². The van der Waals surface area contributed by atoms with Crippen molar-refractivity contribution in [1.29, 1.82) is 0 Å². The monoisotopic (exact) mass is 352 g/mol. The molecule has 1 atom stereocenters. The number of rotatable bonds is 11. The number of hydrogen-bond acceptors (Lipinski definition) is 0. The fourth-order valence-corrected chi connectivity index (χ4v) is 3.46. The summed E-state index contributed by atoms with van der Waals surface area (Å²) < 4.78 is 0. The zero-order valence-corrected chi connectivity index (χ0v) is 15.8. The van der Waals surface area contributed by atoms with Crippen LogP contribution in [0.4, 0.5) is 0 Å². The number of halogens is 1. The van der Waals surface area contributed by atoms with Crippen LogP contribution in [-0.2, 0) is 6.42 Å². The first kappa shape index (κ1) is 18.7. The van der Waals surface area contributed by atoms with Gasteiger partial charge in [0, 0.05) is 5.33 Å². The van der Waals surface area contributed by atoms with Crippen molar-refractivity contribution in [3.05, 3.63) is 35.4 Å². The lowest BCUT2D eigenvalue weighted by Gasteiger charge is -2.17. The summed E-state index contributed by atoms with van der Waals surface area (Å²) in [6, 6.07) is 9.47. The smallest absolute Gasteiger partial charge is 0.00313 e. The molecule has 0 spiro atoms. The van der Waals surface area contributed by atoms with Crippen LogP contribution in [0.2, 0.25) is 0 Å². The summed E-state index contributed by atoms with van der Waals surface area (Å²) in [5, 5.41) is 1.16. The lowest BCUT2D eigenvalue weighted by molar-refractivity contribution is 0.522. The molecule has 0 saturated heterocycles. The second-order valence-corrected chi connectivity index (χ2v) is 7.51. The maximum atomic E-state index is 3.52. The minimum absolute atomic E-state index is 0.747. The molecule has 0 heterocycles. The molecule has 0 aromatic heterocycles. The fraction of sp³-hybridized carbons (Fsp3) is 0.700. The average Bonchev–Trinajstić information content (AvgIpc) is 2.46. The molecule has 1 aromatic carbocycles. The molecule has 1 unspecified atom stereocenters. The van der Waals surface area contributed by atoms with Gasteiger partial charge in [-0.2, -0.15) is 0 Å². The van der Waals surface area contributed by atoms with Crippen LogP contribution >= 0.6 is 15.9 Å². The second kappa shape index (κ2) is 11.3. The van der Waals surface area contributed by atoms with Crippen LogP contribution in [0.5, 0.6) is 0 Å². The first-order valence-electron chi connectivity index (χ1n) is 8.82. The Kier molecular flexibility index (Phi) is 10.1. The number of benzene rings is 1. The molecule has 0 aliphatic carbocycles. The molecule has 0 amide bonds. The molecule has 1 rings (SSSR count). The van der Waals surface area contributed by atoms with Crippen molar-refractivity contribution >= 4 is 15.9 Å². The van der Waals surface area contributed by atoms with Crippen LogP contribution in [0, 0.1) is 5.92 Å². The van der Waals surface area contributed by atoms with Crippen LogP contribution < -0.4 is 0 Å². The maximum absolute atomic E-state index is 3.52. The summed E-state index contributed by atoms with van der Waals surface area (Å²) >= 11 is 3.52. The third-order valence-corrected chi connectivity index (χ3v) is 4.73. The highest BCUT2D eigenvalue weighted by Crippen LogP contribution is 2.28. The summed E-state index contributed by atoms with van der Waals surface area (Å²) in [5.74, 6) is 1.52. The highest BCUT2D eigenvalue weighted by atomic mass is 79.9. The first-order chi connectivity index (χ1) is 10.2. The molecule has 0 N–H and O–H groups in total. The van der Waals surface area contributed by atoms with Crippen molar-refractivity contribution < 1.29 is 0 Å². The largest absolute Gasteiger partial charge is 0.0928 e. The van der Waals surface area contributed by atoms with E-state index in [0.29, 0.717) is 0 Å². The Labute approximate surface area is 140 Å². The van der Waals surface area contributed by atoms with Gasteiger partial charge in [-0.05, 0) is 48.6 Å². The Morgan fingerprint density at radius 1 is 0.905 bits per heavy atom. The van der Waals surface area contributed by atoms with Gasteiger partial charge in [-0.15, -0.1) is 0 Å². The first-order valence-corrected chi connectivity index (χ1v) is 9.94. The molecule has 120 valence electrons. The molecule has 0 aliphatic rings. The predicted octanol–water partition coefficient (Wildman–Crippen LogP) is 7.11. The Balaban J connectivity index is 2.50. The quantitative estimate of drug-likeness (QED) is 0.294. The number of unbranched alkanes of at least 4 members (excludes halogenated alkanes) is 3. The van der Waals surface area contributed by atoms with E-state index in [4.69, 9.17) is 0 Å². The van der Waals surface area contributed by atoms with Crippen molar-refractivity contribution in [2.75, 3.05) is 5.33 Å². The van der Waals surface area contributed by atoms with Gasteiger partial charge in [0.25, 0.3) is 0 Å². The minimum atomic E-state index is 0.747. The predicted molar refractivity (Wildman–Crippen MR) is 99.5 cm³/mol. The Morgan fingerprint density at radius 2 is 1.57 bits per heavy atom. The topological polar surface area (TPSA) is 0 Å². The van der Waals surface area contributed by atoms with Gasteiger partial charge in [-0.1, -0.05) is 86.6 Å². The van der Waals surface area contributed by atoms with Crippen LogP contribution in [-0.4, -0.2) is 5.33 Å². The normalized spacial score (nSPS) is 12.8.